The van der Waals surface area contributed by atoms with Gasteiger partial charge in [0.05, 0.1) is 17.7 Å². The molecule has 2 aromatic rings. The van der Waals surface area contributed by atoms with E-state index < -0.39 is 10.0 Å². The Balaban J connectivity index is 2.27. The smallest absolute Gasteiger partial charge is 0.254 e. The van der Waals surface area contributed by atoms with Gasteiger partial charge in [-0.2, -0.15) is 0 Å². The van der Waals surface area contributed by atoms with E-state index in [0.717, 1.165) is 5.56 Å². The van der Waals surface area contributed by atoms with E-state index in [9.17, 15) is 13.2 Å². The molecule has 0 saturated carbocycles. The molecule has 1 aromatic heterocycles. The number of hydrogen-bond acceptors (Lipinski definition) is 4. The summed E-state index contributed by atoms with van der Waals surface area (Å²) < 4.78 is 32.5. The van der Waals surface area contributed by atoms with Crippen molar-refractivity contribution in [3.63, 3.8) is 0 Å². The Labute approximate surface area is 142 Å². The lowest BCUT2D eigenvalue weighted by molar-refractivity contribution is 0.0772. The lowest BCUT2D eigenvalue weighted by atomic mass is 10.1. The van der Waals surface area contributed by atoms with Crippen LogP contribution in [-0.2, 0) is 16.6 Å². The Morgan fingerprint density at radius 1 is 1.21 bits per heavy atom. The van der Waals surface area contributed by atoms with Gasteiger partial charge in [-0.15, -0.1) is 0 Å². The third-order valence-electron chi connectivity index (χ3n) is 3.82. The first-order chi connectivity index (χ1) is 11.4. The standard InChI is InChI=1S/C17H22N2O4S/c1-4-19(5-2)17(20)16-11-15(9-8-13(16)3)24(21,22)18-12-14-7-6-10-23-14/h6-11,18H,4-5,12H2,1-3H3. The molecule has 0 aliphatic rings. The van der Waals surface area contributed by atoms with Crippen molar-refractivity contribution in [2.24, 2.45) is 0 Å². The van der Waals surface area contributed by atoms with Crippen molar-refractivity contribution in [3.8, 4) is 0 Å². The summed E-state index contributed by atoms with van der Waals surface area (Å²) in [6, 6.07) is 7.96. The van der Waals surface area contributed by atoms with Gasteiger partial charge < -0.3 is 9.32 Å². The topological polar surface area (TPSA) is 79.6 Å². The van der Waals surface area contributed by atoms with Gasteiger partial charge in [-0.05, 0) is 50.6 Å². The lowest BCUT2D eigenvalue weighted by Crippen LogP contribution is -2.31. The highest BCUT2D eigenvalue weighted by Crippen LogP contribution is 2.18. The van der Waals surface area contributed by atoms with Crippen molar-refractivity contribution >= 4 is 15.9 Å². The van der Waals surface area contributed by atoms with Crippen LogP contribution in [0, 0.1) is 6.92 Å². The largest absolute Gasteiger partial charge is 0.468 e. The molecule has 0 bridgehead atoms. The number of nitrogens with one attached hydrogen (secondary N) is 1. The monoisotopic (exact) mass is 350 g/mol. The zero-order valence-corrected chi connectivity index (χ0v) is 14.9. The van der Waals surface area contributed by atoms with E-state index in [1.807, 2.05) is 13.8 Å². The third kappa shape index (κ3) is 4.04. The van der Waals surface area contributed by atoms with E-state index in [1.54, 1.807) is 30.0 Å². The van der Waals surface area contributed by atoms with Crippen molar-refractivity contribution in [2.45, 2.75) is 32.2 Å². The maximum absolute atomic E-state index is 12.5. The minimum absolute atomic E-state index is 0.0581. The molecule has 0 unspecified atom stereocenters. The second-order valence-electron chi connectivity index (χ2n) is 5.36. The second kappa shape index (κ2) is 7.63. The summed E-state index contributed by atoms with van der Waals surface area (Å²) in [7, 11) is -3.73. The number of benzene rings is 1. The Bertz CT molecular complexity index is 794. The number of hydrogen-bond donors (Lipinski definition) is 1. The van der Waals surface area contributed by atoms with Crippen LogP contribution in [0.1, 0.15) is 35.5 Å². The molecule has 6 nitrogen and oxygen atoms in total. The van der Waals surface area contributed by atoms with Crippen molar-refractivity contribution < 1.29 is 17.6 Å². The minimum atomic E-state index is -3.73. The zero-order valence-electron chi connectivity index (χ0n) is 14.1. The zero-order chi connectivity index (χ0) is 17.7. The van der Waals surface area contributed by atoms with Crippen LogP contribution in [-0.4, -0.2) is 32.3 Å². The van der Waals surface area contributed by atoms with Gasteiger partial charge in [-0.25, -0.2) is 13.1 Å². The van der Waals surface area contributed by atoms with E-state index >= 15 is 0 Å². The molecule has 0 radical (unpaired) electrons. The fourth-order valence-corrected chi connectivity index (χ4v) is 3.36. The summed E-state index contributed by atoms with van der Waals surface area (Å²) in [5.74, 6) is 0.353. The molecule has 2 rings (SSSR count). The lowest BCUT2D eigenvalue weighted by Gasteiger charge is -2.20. The molecule has 0 aliphatic heterocycles. The van der Waals surface area contributed by atoms with E-state index in [0.29, 0.717) is 24.4 Å². The Morgan fingerprint density at radius 2 is 1.92 bits per heavy atom. The quantitative estimate of drug-likeness (QED) is 0.832. The van der Waals surface area contributed by atoms with Crippen LogP contribution in [0.15, 0.2) is 45.9 Å². The summed E-state index contributed by atoms with van der Waals surface area (Å²) in [5.41, 5.74) is 1.15. The van der Waals surface area contributed by atoms with E-state index in [-0.39, 0.29) is 17.3 Å². The summed E-state index contributed by atoms with van der Waals surface area (Å²) in [5, 5.41) is 0. The van der Waals surface area contributed by atoms with Crippen molar-refractivity contribution in [1.82, 2.24) is 9.62 Å². The number of carbonyl (C=O) groups is 1. The predicted octanol–water partition coefficient (Wildman–Crippen LogP) is 2.55. The molecular formula is C17H22N2O4S. The average Bonchev–Trinajstić information content (AvgIpc) is 3.08. The molecular weight excluding hydrogens is 328 g/mol. The van der Waals surface area contributed by atoms with Crippen LogP contribution in [0.2, 0.25) is 0 Å². The molecule has 1 heterocycles. The van der Waals surface area contributed by atoms with Gasteiger partial charge in [0.1, 0.15) is 5.76 Å². The summed E-state index contributed by atoms with van der Waals surface area (Å²) in [6.45, 7) is 6.78. The van der Waals surface area contributed by atoms with Crippen LogP contribution in [0.5, 0.6) is 0 Å². The molecule has 0 saturated heterocycles. The molecule has 0 atom stereocenters. The van der Waals surface area contributed by atoms with Gasteiger partial charge in [0.25, 0.3) is 5.91 Å². The number of aryl methyl sites for hydroxylation is 1. The SMILES string of the molecule is CCN(CC)C(=O)c1cc(S(=O)(=O)NCc2ccco2)ccc1C. The third-order valence-corrected chi connectivity index (χ3v) is 5.22. The number of carbonyl (C=O) groups excluding carboxylic acids is 1. The molecule has 24 heavy (non-hydrogen) atoms. The van der Waals surface area contributed by atoms with Crippen LogP contribution < -0.4 is 4.72 Å². The van der Waals surface area contributed by atoms with Crippen LogP contribution in [0.25, 0.3) is 0 Å². The normalized spacial score (nSPS) is 11.5. The van der Waals surface area contributed by atoms with Gasteiger partial charge >= 0.3 is 0 Å². The fraction of sp³-hybridized carbons (Fsp3) is 0.353. The molecule has 0 spiro atoms. The average molecular weight is 350 g/mol. The van der Waals surface area contributed by atoms with Gasteiger partial charge in [-0.1, -0.05) is 6.07 Å². The fourth-order valence-electron chi connectivity index (χ4n) is 2.34. The maximum atomic E-state index is 12.5. The maximum Gasteiger partial charge on any atom is 0.254 e. The Kier molecular flexibility index (Phi) is 5.80. The van der Waals surface area contributed by atoms with Gasteiger partial charge in [-0.3, -0.25) is 4.79 Å². The summed E-state index contributed by atoms with van der Waals surface area (Å²) in [4.78, 5) is 14.3. The van der Waals surface area contributed by atoms with Crippen LogP contribution >= 0.6 is 0 Å². The molecule has 130 valence electrons. The van der Waals surface area contributed by atoms with Crippen LogP contribution in [0.3, 0.4) is 0 Å². The highest BCUT2D eigenvalue weighted by atomic mass is 32.2. The molecule has 0 aliphatic carbocycles. The molecule has 1 N–H and O–H groups in total. The number of sulfonamides is 1. The van der Waals surface area contributed by atoms with E-state index in [2.05, 4.69) is 4.72 Å². The predicted molar refractivity (Wildman–Crippen MR) is 91.2 cm³/mol. The highest BCUT2D eigenvalue weighted by molar-refractivity contribution is 7.89. The van der Waals surface area contributed by atoms with Crippen molar-refractivity contribution in [2.75, 3.05) is 13.1 Å². The number of furan rings is 1. The second-order valence-corrected chi connectivity index (χ2v) is 7.13. The van der Waals surface area contributed by atoms with Gasteiger partial charge in [0.15, 0.2) is 0 Å². The first-order valence-electron chi connectivity index (χ1n) is 7.81. The van der Waals surface area contributed by atoms with E-state index in [4.69, 9.17) is 4.42 Å². The Hall–Kier alpha value is -2.12. The van der Waals surface area contributed by atoms with Crippen LogP contribution in [0.4, 0.5) is 0 Å². The molecule has 0 fully saturated rings. The molecule has 7 heteroatoms. The van der Waals surface area contributed by atoms with E-state index in [1.165, 1.54) is 18.4 Å². The van der Waals surface area contributed by atoms with Gasteiger partial charge in [0, 0.05) is 18.7 Å². The number of amides is 1. The molecule has 1 aromatic carbocycles. The summed E-state index contributed by atoms with van der Waals surface area (Å²) >= 11 is 0. The van der Waals surface area contributed by atoms with Gasteiger partial charge in [0.2, 0.25) is 10.0 Å². The highest BCUT2D eigenvalue weighted by Gasteiger charge is 2.20. The van der Waals surface area contributed by atoms with Crippen molar-refractivity contribution in [1.29, 1.82) is 0 Å². The number of rotatable bonds is 7. The first kappa shape index (κ1) is 18.2. The Morgan fingerprint density at radius 3 is 2.50 bits per heavy atom. The number of nitrogens with zero attached hydrogens (tertiary/aromatic N) is 1. The summed E-state index contributed by atoms with van der Waals surface area (Å²) in [6.07, 6.45) is 1.48. The van der Waals surface area contributed by atoms with Crippen molar-refractivity contribution in [3.05, 3.63) is 53.5 Å². The first-order valence-corrected chi connectivity index (χ1v) is 9.29. The molecule has 1 amide bonds. The minimum Gasteiger partial charge on any atom is -0.468 e.